The van der Waals surface area contributed by atoms with E-state index in [1.165, 1.54) is 6.26 Å². The molecule has 1 fully saturated rings. The summed E-state index contributed by atoms with van der Waals surface area (Å²) >= 11 is 3.36. The van der Waals surface area contributed by atoms with Gasteiger partial charge in [0.1, 0.15) is 12.7 Å². The van der Waals surface area contributed by atoms with Crippen LogP contribution in [0.15, 0.2) is 97.8 Å². The Morgan fingerprint density at radius 3 is 2.69 bits per heavy atom. The average molecular weight is 535 g/mol. The lowest BCUT2D eigenvalue weighted by Gasteiger charge is -2.35. The van der Waals surface area contributed by atoms with Crippen molar-refractivity contribution in [2.24, 2.45) is 5.41 Å². The van der Waals surface area contributed by atoms with E-state index in [4.69, 9.17) is 18.6 Å². The lowest BCUT2D eigenvalue weighted by molar-refractivity contribution is -0.139. The summed E-state index contributed by atoms with van der Waals surface area (Å²) in [5, 5.41) is 0. The van der Waals surface area contributed by atoms with Crippen molar-refractivity contribution in [1.82, 2.24) is 0 Å². The summed E-state index contributed by atoms with van der Waals surface area (Å²) in [6.07, 6.45) is 7.37. The van der Waals surface area contributed by atoms with Crippen molar-refractivity contribution in [1.29, 1.82) is 0 Å². The average Bonchev–Trinajstić information content (AvgIpc) is 3.54. The van der Waals surface area contributed by atoms with Gasteiger partial charge in [0.25, 0.3) is 0 Å². The number of carbonyl (C=O) groups is 3. The van der Waals surface area contributed by atoms with Gasteiger partial charge in [-0.25, -0.2) is 14.4 Å². The molecule has 8 heteroatoms. The van der Waals surface area contributed by atoms with Gasteiger partial charge in [-0.05, 0) is 60.6 Å². The van der Waals surface area contributed by atoms with Crippen LogP contribution >= 0.6 is 15.9 Å². The molecule has 0 amide bonds. The third kappa shape index (κ3) is 3.35. The van der Waals surface area contributed by atoms with Crippen molar-refractivity contribution in [3.63, 3.8) is 0 Å². The minimum absolute atomic E-state index is 0.125. The molecule has 0 saturated carbocycles. The number of rotatable bonds is 3. The summed E-state index contributed by atoms with van der Waals surface area (Å²) in [5.74, 6) is -1.39. The van der Waals surface area contributed by atoms with Crippen molar-refractivity contribution >= 4 is 33.8 Å². The van der Waals surface area contributed by atoms with Gasteiger partial charge in [0.05, 0.1) is 34.7 Å². The largest absolute Gasteiger partial charge is 0.472 e. The topological polar surface area (TPSA) is 92.0 Å². The quantitative estimate of drug-likeness (QED) is 0.407. The first-order valence-electron chi connectivity index (χ1n) is 11.1. The van der Waals surface area contributed by atoms with Gasteiger partial charge in [-0.1, -0.05) is 22.0 Å². The van der Waals surface area contributed by atoms with Gasteiger partial charge in [0, 0.05) is 22.0 Å². The maximum atomic E-state index is 12.8. The van der Waals surface area contributed by atoms with E-state index in [0.29, 0.717) is 23.1 Å². The Bertz CT molecular complexity index is 1390. The fraction of sp³-hybridized carbons (Fsp3) is 0.222. The second kappa shape index (κ2) is 7.95. The molecule has 0 unspecified atom stereocenters. The second-order valence-electron chi connectivity index (χ2n) is 8.89. The first-order valence-corrected chi connectivity index (χ1v) is 11.9. The maximum absolute atomic E-state index is 12.8. The molecule has 0 N–H and O–H groups in total. The van der Waals surface area contributed by atoms with Crippen molar-refractivity contribution in [3.05, 3.63) is 105 Å². The van der Waals surface area contributed by atoms with Crippen LogP contribution in [0.25, 0.3) is 0 Å². The Morgan fingerprint density at radius 2 is 1.94 bits per heavy atom. The number of esters is 3. The van der Waals surface area contributed by atoms with E-state index < -0.39 is 35.5 Å². The summed E-state index contributed by atoms with van der Waals surface area (Å²) in [4.78, 5) is 38.4. The number of hydrogen-bond acceptors (Lipinski definition) is 7. The smallest absolute Gasteiger partial charge is 0.339 e. The summed E-state index contributed by atoms with van der Waals surface area (Å²) in [6.45, 7) is 2.04. The standard InChI is InChI=1S/C27H19BrO7/c1-14-20-10-18(34-24(29)15-2-4-17(28)5-3-15)11-21-26(31)33-13-27(20,21)8-6-19-22(14)23(35-25(19)30)16-7-9-32-12-16/h2-9,11-12,18,23H,10,13H2,1H3/t18-,23+,27+/m1/s1. The predicted molar refractivity (Wildman–Crippen MR) is 126 cm³/mol. The third-order valence-electron chi connectivity index (χ3n) is 7.00. The molecule has 1 spiro atoms. The van der Waals surface area contributed by atoms with Gasteiger partial charge < -0.3 is 18.6 Å². The molecule has 3 heterocycles. The number of hydrogen-bond donors (Lipinski definition) is 0. The first kappa shape index (κ1) is 21.9. The molecule has 35 heavy (non-hydrogen) atoms. The number of carbonyl (C=O) groups excluding carboxylic acids is 3. The SMILES string of the molecule is CC1=C2C[C@@H](OC(=O)c3ccc(Br)cc3)C=C3C(=O)OC[C@]32C=CC2=C1[C@H](c1ccoc1)OC2=O. The fourth-order valence-electron chi connectivity index (χ4n) is 5.29. The summed E-state index contributed by atoms with van der Waals surface area (Å²) < 4.78 is 23.1. The number of cyclic esters (lactones) is 2. The zero-order chi connectivity index (χ0) is 24.3. The number of benzene rings is 1. The van der Waals surface area contributed by atoms with Crippen molar-refractivity contribution in [2.45, 2.75) is 25.6 Å². The van der Waals surface area contributed by atoms with Gasteiger partial charge in [-0.15, -0.1) is 0 Å². The fourth-order valence-corrected chi connectivity index (χ4v) is 5.55. The number of halogens is 1. The van der Waals surface area contributed by atoms with E-state index in [0.717, 1.165) is 26.8 Å². The van der Waals surface area contributed by atoms with Crippen LogP contribution < -0.4 is 0 Å². The molecule has 176 valence electrons. The zero-order valence-electron chi connectivity index (χ0n) is 18.6. The molecule has 2 aromatic rings. The molecule has 2 aliphatic heterocycles. The zero-order valence-corrected chi connectivity index (χ0v) is 20.2. The Hall–Kier alpha value is -3.65. The van der Waals surface area contributed by atoms with Crippen LogP contribution in [0.1, 0.15) is 35.4 Å². The van der Waals surface area contributed by atoms with Gasteiger partial charge in [-0.3, -0.25) is 0 Å². The number of furan rings is 1. The third-order valence-corrected chi connectivity index (χ3v) is 7.53. The molecular formula is C27H19BrO7. The molecule has 0 bridgehead atoms. The lowest BCUT2D eigenvalue weighted by Crippen LogP contribution is -2.34. The normalized spacial score (nSPS) is 27.0. The van der Waals surface area contributed by atoms with Gasteiger partial charge in [0.2, 0.25) is 0 Å². The summed E-state index contributed by atoms with van der Waals surface area (Å²) in [7, 11) is 0. The van der Waals surface area contributed by atoms with E-state index in [1.807, 2.05) is 13.0 Å². The van der Waals surface area contributed by atoms with E-state index in [2.05, 4.69) is 15.9 Å². The van der Waals surface area contributed by atoms with Crippen LogP contribution in [0.4, 0.5) is 0 Å². The molecule has 1 aromatic carbocycles. The highest BCUT2D eigenvalue weighted by atomic mass is 79.9. The van der Waals surface area contributed by atoms with E-state index in [9.17, 15) is 14.4 Å². The van der Waals surface area contributed by atoms with Crippen molar-refractivity contribution < 1.29 is 33.0 Å². The molecule has 3 atom stereocenters. The van der Waals surface area contributed by atoms with Crippen LogP contribution in [0, 0.1) is 5.41 Å². The molecule has 1 saturated heterocycles. The van der Waals surface area contributed by atoms with Gasteiger partial charge in [-0.2, -0.15) is 0 Å². The maximum Gasteiger partial charge on any atom is 0.339 e. The lowest BCUT2D eigenvalue weighted by atomic mass is 9.68. The summed E-state index contributed by atoms with van der Waals surface area (Å²) in [5.41, 5.74) is 3.55. The van der Waals surface area contributed by atoms with Crippen molar-refractivity contribution in [2.75, 3.05) is 6.61 Å². The van der Waals surface area contributed by atoms with E-state index >= 15 is 0 Å². The van der Waals surface area contributed by atoms with Crippen LogP contribution in [0.2, 0.25) is 0 Å². The van der Waals surface area contributed by atoms with Crippen LogP contribution in [0.5, 0.6) is 0 Å². The minimum Gasteiger partial charge on any atom is -0.472 e. The Balaban J connectivity index is 1.43. The van der Waals surface area contributed by atoms with Crippen LogP contribution in [-0.2, 0) is 23.8 Å². The van der Waals surface area contributed by atoms with Crippen molar-refractivity contribution in [3.8, 4) is 0 Å². The minimum atomic E-state index is -0.826. The van der Waals surface area contributed by atoms with Crippen LogP contribution in [0.3, 0.4) is 0 Å². The summed E-state index contributed by atoms with van der Waals surface area (Å²) in [6, 6.07) is 8.62. The molecule has 2 aliphatic carbocycles. The molecule has 4 aliphatic rings. The molecule has 6 rings (SSSR count). The molecule has 0 radical (unpaired) electrons. The monoisotopic (exact) mass is 534 g/mol. The highest BCUT2D eigenvalue weighted by Gasteiger charge is 2.53. The Kier molecular flexibility index (Phi) is 4.96. The molecule has 7 nitrogen and oxygen atoms in total. The Labute approximate surface area is 208 Å². The van der Waals surface area contributed by atoms with Gasteiger partial charge in [0.15, 0.2) is 6.10 Å². The second-order valence-corrected chi connectivity index (χ2v) is 9.80. The van der Waals surface area contributed by atoms with E-state index in [1.54, 1.807) is 48.7 Å². The van der Waals surface area contributed by atoms with Gasteiger partial charge >= 0.3 is 17.9 Å². The molecular weight excluding hydrogens is 516 g/mol. The Morgan fingerprint density at radius 1 is 1.14 bits per heavy atom. The van der Waals surface area contributed by atoms with E-state index in [-0.39, 0.29) is 6.61 Å². The highest BCUT2D eigenvalue weighted by molar-refractivity contribution is 9.10. The number of ether oxygens (including phenoxy) is 3. The molecule has 1 aromatic heterocycles. The van der Waals surface area contributed by atoms with Crippen LogP contribution in [-0.4, -0.2) is 30.6 Å². The highest BCUT2D eigenvalue weighted by Crippen LogP contribution is 2.54. The predicted octanol–water partition coefficient (Wildman–Crippen LogP) is 4.92. The first-order chi connectivity index (χ1) is 16.9.